The molecule has 0 aliphatic heterocycles. The zero-order valence-electron chi connectivity index (χ0n) is 26.4. The van der Waals surface area contributed by atoms with Crippen LogP contribution in [0.2, 0.25) is 0 Å². The molecule has 3 aromatic carbocycles. The fourth-order valence-electron chi connectivity index (χ4n) is 5.23. The monoisotopic (exact) mass is 627 g/mol. The Morgan fingerprint density at radius 2 is 1.53 bits per heavy atom. The Morgan fingerprint density at radius 1 is 0.911 bits per heavy atom. The first-order valence-electron chi connectivity index (χ1n) is 14.7. The van der Waals surface area contributed by atoms with Gasteiger partial charge in [-0.15, -0.1) is 0 Å². The second kappa shape index (κ2) is 13.4. The maximum Gasteiger partial charge on any atom is 0.453 e. The maximum atomic E-state index is 14.6. The van der Waals surface area contributed by atoms with Gasteiger partial charge in [-0.3, -0.25) is 9.69 Å². The Bertz CT molecular complexity index is 1750. The summed E-state index contributed by atoms with van der Waals surface area (Å²) >= 11 is 0. The van der Waals surface area contributed by atoms with Crippen molar-refractivity contribution in [2.24, 2.45) is 11.8 Å². The molecule has 0 aliphatic rings. The van der Waals surface area contributed by atoms with Crippen molar-refractivity contribution in [3.63, 3.8) is 0 Å². The molecule has 6 nitrogen and oxygen atoms in total. The van der Waals surface area contributed by atoms with Crippen LogP contribution in [0.4, 0.5) is 17.6 Å². The van der Waals surface area contributed by atoms with Crippen molar-refractivity contribution >= 4 is 16.9 Å². The highest BCUT2D eigenvalue weighted by Gasteiger charge is 2.41. The molecule has 0 fully saturated rings. The Labute approximate surface area is 259 Å². The van der Waals surface area contributed by atoms with Crippen molar-refractivity contribution in [3.8, 4) is 17.2 Å². The summed E-state index contributed by atoms with van der Waals surface area (Å²) in [5.41, 5.74) is 0.869. The molecular weight excluding hydrogens is 590 g/mol. The average Bonchev–Trinajstić information content (AvgIpc) is 2.92. The number of esters is 1. The van der Waals surface area contributed by atoms with Gasteiger partial charge >= 0.3 is 12.1 Å². The number of fused-ring (bicyclic) bond motifs is 1. The molecule has 0 aliphatic carbocycles. The van der Waals surface area contributed by atoms with Gasteiger partial charge in [0.05, 0.1) is 16.5 Å². The number of aryl methyl sites for hydroxylation is 2. The quantitative estimate of drug-likeness (QED) is 0.0993. The lowest BCUT2D eigenvalue weighted by molar-refractivity contribution is -0.154. The van der Waals surface area contributed by atoms with Crippen LogP contribution in [0.15, 0.2) is 57.7 Å². The van der Waals surface area contributed by atoms with E-state index in [0.29, 0.717) is 18.7 Å². The number of alkyl halides is 3. The second-order valence-electron chi connectivity index (χ2n) is 12.2. The topological polar surface area (TPSA) is 69.0 Å². The minimum atomic E-state index is -5.09. The van der Waals surface area contributed by atoms with Gasteiger partial charge in [0.15, 0.2) is 0 Å². The van der Waals surface area contributed by atoms with Crippen molar-refractivity contribution < 1.29 is 36.2 Å². The van der Waals surface area contributed by atoms with Crippen LogP contribution in [0, 0.1) is 38.4 Å². The fraction of sp³-hybridized carbons (Fsp3) is 0.371. The van der Waals surface area contributed by atoms with E-state index in [1.807, 2.05) is 38.7 Å². The number of rotatable bonds is 10. The molecule has 1 heterocycles. The third kappa shape index (κ3) is 7.92. The summed E-state index contributed by atoms with van der Waals surface area (Å²) in [6.07, 6.45) is -5.09. The standard InChI is InChI=1S/C35H37F4NO5/c1-19(2)16-40(17-20(3)4)18-27-28(44-34(42)24-8-10-25(36)11-9-24)13-12-26-30(41)32(33(35(37,38)39)45-31(26)27)43-29-15-21(5)14-22(6)23(29)7/h8-15,19-20H,16-18H2,1-7H3. The lowest BCUT2D eigenvalue weighted by atomic mass is 10.0. The summed E-state index contributed by atoms with van der Waals surface area (Å²) in [4.78, 5) is 28.9. The number of benzene rings is 3. The molecule has 0 unspecified atom stereocenters. The third-order valence-corrected chi connectivity index (χ3v) is 7.22. The lowest BCUT2D eigenvalue weighted by Crippen LogP contribution is -2.31. The molecule has 0 bridgehead atoms. The molecule has 1 aromatic heterocycles. The average molecular weight is 628 g/mol. The van der Waals surface area contributed by atoms with E-state index in [2.05, 4.69) is 0 Å². The van der Waals surface area contributed by atoms with Gasteiger partial charge in [-0.25, -0.2) is 9.18 Å². The molecule has 0 saturated carbocycles. The Balaban J connectivity index is 1.96. The highest BCUT2D eigenvalue weighted by Crippen LogP contribution is 2.41. The zero-order chi connectivity index (χ0) is 33.2. The minimum absolute atomic E-state index is 0.0242. The predicted octanol–water partition coefficient (Wildman–Crippen LogP) is 9.00. The van der Waals surface area contributed by atoms with Crippen LogP contribution in [0.3, 0.4) is 0 Å². The number of ether oxygens (including phenoxy) is 2. The summed E-state index contributed by atoms with van der Waals surface area (Å²) in [6.45, 7) is 14.5. The van der Waals surface area contributed by atoms with E-state index in [0.717, 1.165) is 23.3 Å². The van der Waals surface area contributed by atoms with Gasteiger partial charge in [0.2, 0.25) is 11.2 Å². The van der Waals surface area contributed by atoms with Gasteiger partial charge in [0, 0.05) is 19.6 Å². The first kappa shape index (κ1) is 33.7. The van der Waals surface area contributed by atoms with Crippen molar-refractivity contribution in [2.45, 2.75) is 61.2 Å². The van der Waals surface area contributed by atoms with Crippen molar-refractivity contribution in [1.82, 2.24) is 4.90 Å². The van der Waals surface area contributed by atoms with Gasteiger partial charge in [0.25, 0.3) is 5.76 Å². The molecule has 0 atom stereocenters. The van der Waals surface area contributed by atoms with Crippen LogP contribution in [-0.4, -0.2) is 24.0 Å². The maximum absolute atomic E-state index is 14.6. The number of hydrogen-bond donors (Lipinski definition) is 0. The van der Waals surface area contributed by atoms with Crippen LogP contribution in [0.25, 0.3) is 11.0 Å². The molecule has 4 rings (SSSR count). The largest absolute Gasteiger partial charge is 0.453 e. The second-order valence-corrected chi connectivity index (χ2v) is 12.2. The Kier molecular flexibility index (Phi) is 10.1. The van der Waals surface area contributed by atoms with Gasteiger partial charge in [-0.05, 0) is 91.8 Å². The van der Waals surface area contributed by atoms with E-state index in [1.165, 1.54) is 24.3 Å². The summed E-state index contributed by atoms with van der Waals surface area (Å²) < 4.78 is 74.2. The fourth-order valence-corrected chi connectivity index (χ4v) is 5.23. The molecule has 0 N–H and O–H groups in total. The minimum Gasteiger partial charge on any atom is -0.449 e. The molecule has 4 aromatic rings. The van der Waals surface area contributed by atoms with Crippen LogP contribution >= 0.6 is 0 Å². The summed E-state index contributed by atoms with van der Waals surface area (Å²) in [6, 6.07) is 10.7. The number of carbonyl (C=O) groups is 1. The SMILES string of the molecule is Cc1cc(C)c(C)c(Oc2c(C(F)(F)F)oc3c(CN(CC(C)C)CC(C)C)c(OC(=O)c4ccc(F)cc4)ccc3c2=O)c1. The zero-order valence-corrected chi connectivity index (χ0v) is 26.4. The smallest absolute Gasteiger partial charge is 0.449 e. The van der Waals surface area contributed by atoms with E-state index < -0.39 is 34.9 Å². The number of carbonyl (C=O) groups excluding carboxylic acids is 1. The number of hydrogen-bond acceptors (Lipinski definition) is 6. The van der Waals surface area contributed by atoms with E-state index in [9.17, 15) is 27.2 Å². The van der Waals surface area contributed by atoms with Gasteiger partial charge in [-0.1, -0.05) is 33.8 Å². The van der Waals surface area contributed by atoms with E-state index in [1.54, 1.807) is 26.8 Å². The Morgan fingerprint density at radius 3 is 2.11 bits per heavy atom. The molecule has 45 heavy (non-hydrogen) atoms. The van der Waals surface area contributed by atoms with Crippen LogP contribution in [0.1, 0.15) is 66.1 Å². The summed E-state index contributed by atoms with van der Waals surface area (Å²) in [7, 11) is 0. The molecule has 0 amide bonds. The molecule has 0 radical (unpaired) electrons. The normalized spacial score (nSPS) is 12.0. The van der Waals surface area contributed by atoms with Crippen molar-refractivity contribution in [2.75, 3.05) is 13.1 Å². The van der Waals surface area contributed by atoms with E-state index >= 15 is 0 Å². The van der Waals surface area contributed by atoms with Crippen LogP contribution < -0.4 is 14.9 Å². The van der Waals surface area contributed by atoms with Crippen molar-refractivity contribution in [3.05, 3.63) is 98.1 Å². The van der Waals surface area contributed by atoms with E-state index in [4.69, 9.17) is 13.9 Å². The molecule has 0 saturated heterocycles. The van der Waals surface area contributed by atoms with E-state index in [-0.39, 0.29) is 52.0 Å². The highest BCUT2D eigenvalue weighted by atomic mass is 19.4. The molecule has 0 spiro atoms. The van der Waals surface area contributed by atoms with Gasteiger partial charge < -0.3 is 13.9 Å². The number of nitrogens with zero attached hydrogens (tertiary/aromatic N) is 1. The van der Waals surface area contributed by atoms with Crippen LogP contribution in [-0.2, 0) is 12.7 Å². The predicted molar refractivity (Wildman–Crippen MR) is 165 cm³/mol. The lowest BCUT2D eigenvalue weighted by Gasteiger charge is -2.27. The Hall–Kier alpha value is -4.18. The molecule has 10 heteroatoms. The molecular formula is C35H37F4NO5. The molecule has 240 valence electrons. The third-order valence-electron chi connectivity index (χ3n) is 7.22. The highest BCUT2D eigenvalue weighted by molar-refractivity contribution is 5.92. The summed E-state index contributed by atoms with van der Waals surface area (Å²) in [5.74, 6) is -3.55. The van der Waals surface area contributed by atoms with Gasteiger partial charge in [0.1, 0.15) is 22.9 Å². The summed E-state index contributed by atoms with van der Waals surface area (Å²) in [5, 5.41) is -0.161. The van der Waals surface area contributed by atoms with Crippen LogP contribution in [0.5, 0.6) is 17.2 Å². The van der Waals surface area contributed by atoms with Gasteiger partial charge in [-0.2, -0.15) is 13.2 Å². The number of halogens is 4. The first-order chi connectivity index (χ1) is 21.0. The first-order valence-corrected chi connectivity index (χ1v) is 14.7. The van der Waals surface area contributed by atoms with Crippen molar-refractivity contribution in [1.29, 1.82) is 0 Å².